The summed E-state index contributed by atoms with van der Waals surface area (Å²) in [5, 5.41) is 4.80. The molecule has 0 spiro atoms. The lowest BCUT2D eigenvalue weighted by Crippen LogP contribution is -2.47. The van der Waals surface area contributed by atoms with Crippen molar-refractivity contribution in [1.82, 2.24) is 14.7 Å². The highest BCUT2D eigenvalue weighted by Gasteiger charge is 2.42. The van der Waals surface area contributed by atoms with E-state index in [2.05, 4.69) is 16.8 Å². The van der Waals surface area contributed by atoms with Crippen molar-refractivity contribution in [1.29, 1.82) is 0 Å². The van der Waals surface area contributed by atoms with E-state index in [1.165, 1.54) is 11.8 Å². The van der Waals surface area contributed by atoms with Crippen LogP contribution in [0, 0.1) is 0 Å². The monoisotopic (exact) mass is 508 g/mol. The van der Waals surface area contributed by atoms with E-state index in [-0.39, 0.29) is 30.9 Å². The minimum absolute atomic E-state index is 0.107. The van der Waals surface area contributed by atoms with Gasteiger partial charge in [0, 0.05) is 36.8 Å². The lowest BCUT2D eigenvalue weighted by Gasteiger charge is -2.37. The number of amidine groups is 1. The van der Waals surface area contributed by atoms with Crippen LogP contribution in [0.1, 0.15) is 29.8 Å². The normalized spacial score (nSPS) is 20.5. The molecule has 1 aromatic carbocycles. The maximum Gasteiger partial charge on any atom is 0.338 e. The van der Waals surface area contributed by atoms with Crippen molar-refractivity contribution in [2.45, 2.75) is 26.0 Å². The van der Waals surface area contributed by atoms with Crippen LogP contribution in [0.4, 0.5) is 0 Å². The van der Waals surface area contributed by atoms with Crippen LogP contribution < -0.4 is 0 Å². The van der Waals surface area contributed by atoms with Crippen molar-refractivity contribution >= 4 is 40.1 Å². The lowest BCUT2D eigenvalue weighted by atomic mass is 9.99. The van der Waals surface area contributed by atoms with Gasteiger partial charge < -0.3 is 19.4 Å². The van der Waals surface area contributed by atoms with Gasteiger partial charge in [0.05, 0.1) is 17.7 Å². The van der Waals surface area contributed by atoms with Gasteiger partial charge in [-0.3, -0.25) is 4.79 Å². The predicted octanol–water partition coefficient (Wildman–Crippen LogP) is 4.23. The van der Waals surface area contributed by atoms with Crippen LogP contribution in [0.15, 0.2) is 75.2 Å². The zero-order valence-electron chi connectivity index (χ0n) is 19.8. The van der Waals surface area contributed by atoms with Crippen molar-refractivity contribution < 1.29 is 14.3 Å². The topological polar surface area (TPSA) is 65.5 Å². The number of amides is 1. The number of carbonyl (C=O) groups is 2. The summed E-state index contributed by atoms with van der Waals surface area (Å²) in [6.07, 6.45) is 0.281. The fraction of sp³-hybridized carbons (Fsp3) is 0.346. The molecule has 1 unspecified atom stereocenters. The van der Waals surface area contributed by atoms with Crippen molar-refractivity contribution in [3.05, 3.63) is 80.7 Å². The Morgan fingerprint density at radius 3 is 2.57 bits per heavy atom. The van der Waals surface area contributed by atoms with E-state index < -0.39 is 0 Å². The molecule has 3 aliphatic rings. The highest BCUT2D eigenvalue weighted by atomic mass is 32.2. The highest BCUT2D eigenvalue weighted by Crippen LogP contribution is 2.46. The molecule has 4 heterocycles. The molecule has 0 N–H and O–H groups in total. The van der Waals surface area contributed by atoms with Gasteiger partial charge in [0.1, 0.15) is 12.6 Å². The number of carbonyl (C=O) groups excluding carboxylic acids is 2. The zero-order chi connectivity index (χ0) is 24.4. The van der Waals surface area contributed by atoms with Gasteiger partial charge in [0.15, 0.2) is 5.17 Å². The lowest BCUT2D eigenvalue weighted by molar-refractivity contribution is -0.141. The molecule has 0 saturated carbocycles. The summed E-state index contributed by atoms with van der Waals surface area (Å²) < 4.78 is 5.74. The number of fused-ring (bicyclic) bond motifs is 1. The van der Waals surface area contributed by atoms with Gasteiger partial charge in [0.25, 0.3) is 0 Å². The van der Waals surface area contributed by atoms with Gasteiger partial charge in [-0.15, -0.1) is 11.3 Å². The molecule has 1 amide bonds. The van der Waals surface area contributed by atoms with Crippen molar-refractivity contribution in [3.63, 3.8) is 0 Å². The van der Waals surface area contributed by atoms with Crippen LogP contribution in [0.5, 0.6) is 0 Å². The third kappa shape index (κ3) is 5.07. The Kier molecular flexibility index (Phi) is 7.08. The average Bonchev–Trinajstić information content (AvgIpc) is 3.53. The van der Waals surface area contributed by atoms with E-state index in [9.17, 15) is 9.59 Å². The fourth-order valence-electron chi connectivity index (χ4n) is 4.47. The second-order valence-corrected chi connectivity index (χ2v) is 10.6. The van der Waals surface area contributed by atoms with Gasteiger partial charge in [-0.1, -0.05) is 48.2 Å². The molecule has 182 valence electrons. The van der Waals surface area contributed by atoms with Gasteiger partial charge in [-0.05, 0) is 36.4 Å². The zero-order valence-corrected chi connectivity index (χ0v) is 21.5. The standard InChI is InChI=1S/C26H28N4O3S2/c1-18-23(25(32)33-16-19-7-4-3-5-8-19)24(21-9-6-14-34-21)30-20(17-35-26(30)27-18)15-22(31)29-12-10-28(2)11-13-29/h3-9,14,17,24H,10-13,15-16H2,1-2H3. The number of esters is 1. The molecule has 1 saturated heterocycles. The second kappa shape index (κ2) is 10.4. The van der Waals surface area contributed by atoms with Crippen LogP contribution in [0.2, 0.25) is 0 Å². The number of piperazine rings is 1. The molecule has 0 aliphatic carbocycles. The summed E-state index contributed by atoms with van der Waals surface area (Å²) in [5.74, 6) is -0.273. The Labute approximate surface area is 213 Å². The summed E-state index contributed by atoms with van der Waals surface area (Å²) in [7, 11) is 2.08. The minimum atomic E-state index is -0.380. The number of thiophene rings is 1. The predicted molar refractivity (Wildman–Crippen MR) is 140 cm³/mol. The van der Waals surface area contributed by atoms with E-state index in [0.717, 1.165) is 47.5 Å². The number of nitrogens with zero attached hydrogens (tertiary/aromatic N) is 4. The van der Waals surface area contributed by atoms with E-state index in [4.69, 9.17) is 9.73 Å². The number of ether oxygens (including phenoxy) is 1. The van der Waals surface area contributed by atoms with Gasteiger partial charge in [-0.25, -0.2) is 9.79 Å². The quantitative estimate of drug-likeness (QED) is 0.544. The Morgan fingerprint density at radius 2 is 1.86 bits per heavy atom. The summed E-state index contributed by atoms with van der Waals surface area (Å²) >= 11 is 3.09. The number of hydrogen-bond acceptors (Lipinski definition) is 8. The molecule has 9 heteroatoms. The Bertz CT molecular complexity index is 1180. The second-order valence-electron chi connectivity index (χ2n) is 8.83. The molecule has 5 rings (SSSR count). The Balaban J connectivity index is 1.39. The average molecular weight is 509 g/mol. The molecule has 0 radical (unpaired) electrons. The van der Waals surface area contributed by atoms with Gasteiger partial charge in [0.2, 0.25) is 5.91 Å². The summed E-state index contributed by atoms with van der Waals surface area (Å²) in [6.45, 7) is 5.30. The highest BCUT2D eigenvalue weighted by molar-refractivity contribution is 8.16. The van der Waals surface area contributed by atoms with E-state index in [1.807, 2.05) is 65.1 Å². The molecular formula is C26H28N4O3S2. The summed E-state index contributed by atoms with van der Waals surface area (Å²) in [6, 6.07) is 13.3. The maximum atomic E-state index is 13.4. The summed E-state index contributed by atoms with van der Waals surface area (Å²) in [5.41, 5.74) is 2.98. The first-order valence-corrected chi connectivity index (χ1v) is 13.4. The van der Waals surface area contributed by atoms with Crippen molar-refractivity contribution in [2.75, 3.05) is 33.2 Å². The molecule has 1 atom stereocenters. The van der Waals surface area contributed by atoms with E-state index in [1.54, 1.807) is 11.3 Å². The van der Waals surface area contributed by atoms with E-state index >= 15 is 0 Å². The largest absolute Gasteiger partial charge is 0.457 e. The number of rotatable bonds is 6. The fourth-order valence-corrected chi connectivity index (χ4v) is 6.26. The Hall–Kier alpha value is -2.88. The van der Waals surface area contributed by atoms with Gasteiger partial charge in [-0.2, -0.15) is 0 Å². The molecule has 3 aliphatic heterocycles. The summed E-state index contributed by atoms with van der Waals surface area (Å²) in [4.78, 5) is 38.5. The number of allylic oxidation sites excluding steroid dienone is 1. The molecule has 7 nitrogen and oxygen atoms in total. The van der Waals surface area contributed by atoms with Crippen LogP contribution in [0.3, 0.4) is 0 Å². The molecule has 1 fully saturated rings. The first kappa shape index (κ1) is 23.8. The van der Waals surface area contributed by atoms with Gasteiger partial charge >= 0.3 is 5.97 Å². The first-order valence-electron chi connectivity index (χ1n) is 11.7. The third-order valence-electron chi connectivity index (χ3n) is 6.43. The van der Waals surface area contributed by atoms with Crippen molar-refractivity contribution in [2.24, 2.45) is 4.99 Å². The first-order chi connectivity index (χ1) is 17.0. The number of hydrogen-bond donors (Lipinski definition) is 0. The number of thioether (sulfide) groups is 1. The third-order valence-corrected chi connectivity index (χ3v) is 8.25. The van der Waals surface area contributed by atoms with Crippen LogP contribution >= 0.6 is 23.1 Å². The minimum Gasteiger partial charge on any atom is -0.457 e. The number of benzene rings is 1. The maximum absolute atomic E-state index is 13.4. The van der Waals surface area contributed by atoms with Crippen molar-refractivity contribution in [3.8, 4) is 0 Å². The molecule has 0 bridgehead atoms. The molecule has 2 aromatic rings. The van der Waals surface area contributed by atoms with Crippen LogP contribution in [-0.4, -0.2) is 65.0 Å². The number of aliphatic imine (C=N–C) groups is 1. The molecule has 35 heavy (non-hydrogen) atoms. The SMILES string of the molecule is CC1=C(C(=O)OCc2ccccc2)C(c2cccs2)N2C(CC(=O)N3CCN(C)CC3)=CSC2=N1. The number of likely N-dealkylation sites (N-methyl/N-ethyl adjacent to an activating group) is 1. The molecular weight excluding hydrogens is 480 g/mol. The Morgan fingerprint density at radius 1 is 1.09 bits per heavy atom. The van der Waals surface area contributed by atoms with Crippen LogP contribution in [-0.2, 0) is 20.9 Å². The van der Waals surface area contributed by atoms with E-state index in [0.29, 0.717) is 11.3 Å². The van der Waals surface area contributed by atoms with Crippen LogP contribution in [0.25, 0.3) is 0 Å². The smallest absolute Gasteiger partial charge is 0.338 e. The molecule has 1 aromatic heterocycles.